The first-order valence-corrected chi connectivity index (χ1v) is 13.0. The van der Waals surface area contributed by atoms with Crippen LogP contribution in [0.4, 0.5) is 0 Å². The molecule has 186 valence electrons. The van der Waals surface area contributed by atoms with Crippen molar-refractivity contribution in [2.45, 2.75) is 37.2 Å². The van der Waals surface area contributed by atoms with Gasteiger partial charge in [-0.1, -0.05) is 54.1 Å². The minimum absolute atomic E-state index is 0.0555. The van der Waals surface area contributed by atoms with E-state index in [4.69, 9.17) is 21.1 Å². The van der Waals surface area contributed by atoms with Gasteiger partial charge in [-0.05, 0) is 61.7 Å². The summed E-state index contributed by atoms with van der Waals surface area (Å²) in [5, 5.41) is 3.09. The van der Waals surface area contributed by atoms with Gasteiger partial charge in [0.15, 0.2) is 0 Å². The molecule has 0 saturated heterocycles. The highest BCUT2D eigenvalue weighted by Gasteiger charge is 2.28. The fourth-order valence-electron chi connectivity index (χ4n) is 3.50. The van der Waals surface area contributed by atoms with Crippen molar-refractivity contribution >= 4 is 27.5 Å². The van der Waals surface area contributed by atoms with Crippen LogP contribution < -0.4 is 19.5 Å². The number of nitrogens with one attached hydrogen (secondary N) is 2. The minimum atomic E-state index is -4.06. The van der Waals surface area contributed by atoms with Gasteiger partial charge in [0.1, 0.15) is 17.5 Å². The van der Waals surface area contributed by atoms with Crippen molar-refractivity contribution in [3.05, 3.63) is 88.9 Å². The van der Waals surface area contributed by atoms with Gasteiger partial charge in [0, 0.05) is 0 Å². The molecule has 3 aromatic rings. The van der Waals surface area contributed by atoms with E-state index in [-0.39, 0.29) is 22.4 Å². The summed E-state index contributed by atoms with van der Waals surface area (Å²) in [5.74, 6) is 0.647. The van der Waals surface area contributed by atoms with Crippen LogP contribution in [0.3, 0.4) is 0 Å². The molecule has 0 spiro atoms. The molecule has 0 radical (unpaired) electrons. The summed E-state index contributed by atoms with van der Waals surface area (Å²) in [7, 11) is -2.47. The van der Waals surface area contributed by atoms with Gasteiger partial charge in [0.2, 0.25) is 15.9 Å². The van der Waals surface area contributed by atoms with Gasteiger partial charge in [-0.25, -0.2) is 8.42 Å². The second kappa shape index (κ2) is 12.1. The van der Waals surface area contributed by atoms with Crippen LogP contribution in [-0.4, -0.2) is 34.1 Å². The lowest BCUT2D eigenvalue weighted by Crippen LogP contribution is -2.48. The van der Waals surface area contributed by atoms with Crippen LogP contribution in [0.25, 0.3) is 0 Å². The number of sulfonamides is 1. The van der Waals surface area contributed by atoms with Crippen molar-refractivity contribution in [3.63, 3.8) is 0 Å². The molecule has 0 bridgehead atoms. The third-order valence-corrected chi connectivity index (χ3v) is 7.15. The first-order valence-electron chi connectivity index (χ1n) is 11.2. The highest BCUT2D eigenvalue weighted by atomic mass is 35.5. The molecule has 9 heteroatoms. The van der Waals surface area contributed by atoms with E-state index in [9.17, 15) is 13.2 Å². The van der Waals surface area contributed by atoms with E-state index >= 15 is 0 Å². The Kier molecular flexibility index (Phi) is 9.14. The average molecular weight is 517 g/mol. The second-order valence-electron chi connectivity index (χ2n) is 7.89. The van der Waals surface area contributed by atoms with Gasteiger partial charge in [-0.3, -0.25) is 4.79 Å². The molecule has 0 fully saturated rings. The van der Waals surface area contributed by atoms with Gasteiger partial charge in [0.25, 0.3) is 0 Å². The molecule has 0 saturated carbocycles. The topological polar surface area (TPSA) is 93.7 Å². The summed E-state index contributed by atoms with van der Waals surface area (Å²) in [6, 6.07) is 19.3. The standard InChI is InChI=1S/C26H29ClN2O5S/c1-4-34-25-15-14-22(17-23(25)27)35(31,32)29-24(16-19-8-6-5-7-9-19)26(30)28-18(2)20-10-12-21(33-3)13-11-20/h5-15,17-18,24,29H,4,16H2,1-3H3,(H,28,30). The summed E-state index contributed by atoms with van der Waals surface area (Å²) >= 11 is 6.20. The van der Waals surface area contributed by atoms with Crippen molar-refractivity contribution in [1.82, 2.24) is 10.0 Å². The van der Waals surface area contributed by atoms with E-state index in [1.165, 1.54) is 18.2 Å². The third kappa shape index (κ3) is 7.21. The van der Waals surface area contributed by atoms with Gasteiger partial charge in [0.05, 0.1) is 29.7 Å². The number of carbonyl (C=O) groups is 1. The van der Waals surface area contributed by atoms with Crippen LogP contribution in [-0.2, 0) is 21.2 Å². The predicted octanol–water partition coefficient (Wildman–Crippen LogP) is 4.51. The zero-order chi connectivity index (χ0) is 25.4. The number of rotatable bonds is 11. The molecule has 0 aliphatic heterocycles. The van der Waals surface area contributed by atoms with E-state index < -0.39 is 22.0 Å². The molecule has 0 aromatic heterocycles. The molecular formula is C26H29ClN2O5S. The van der Waals surface area contributed by atoms with Crippen LogP contribution >= 0.6 is 11.6 Å². The van der Waals surface area contributed by atoms with Crippen LogP contribution in [0, 0.1) is 0 Å². The van der Waals surface area contributed by atoms with Crippen LogP contribution in [0.5, 0.6) is 11.5 Å². The van der Waals surface area contributed by atoms with Gasteiger partial charge in [-0.2, -0.15) is 4.72 Å². The maximum atomic E-state index is 13.3. The predicted molar refractivity (Wildman–Crippen MR) is 136 cm³/mol. The lowest BCUT2D eigenvalue weighted by molar-refractivity contribution is -0.123. The molecule has 1 amide bonds. The molecule has 3 aromatic carbocycles. The van der Waals surface area contributed by atoms with Gasteiger partial charge < -0.3 is 14.8 Å². The summed E-state index contributed by atoms with van der Waals surface area (Å²) in [4.78, 5) is 13.2. The average Bonchev–Trinajstić information content (AvgIpc) is 2.85. The second-order valence-corrected chi connectivity index (χ2v) is 10.0. The summed E-state index contributed by atoms with van der Waals surface area (Å²) < 4.78 is 39.5. The van der Waals surface area contributed by atoms with Gasteiger partial charge in [-0.15, -0.1) is 0 Å². The highest BCUT2D eigenvalue weighted by molar-refractivity contribution is 7.89. The zero-order valence-corrected chi connectivity index (χ0v) is 21.4. The smallest absolute Gasteiger partial charge is 0.241 e. The summed E-state index contributed by atoms with van der Waals surface area (Å²) in [6.45, 7) is 4.04. The van der Waals surface area contributed by atoms with Crippen molar-refractivity contribution in [3.8, 4) is 11.5 Å². The molecule has 0 aliphatic carbocycles. The Morgan fingerprint density at radius 2 is 1.71 bits per heavy atom. The van der Waals surface area contributed by atoms with E-state index in [0.717, 1.165) is 11.1 Å². The van der Waals surface area contributed by atoms with Gasteiger partial charge >= 0.3 is 0 Å². The molecule has 2 N–H and O–H groups in total. The van der Waals surface area contributed by atoms with Crippen molar-refractivity contribution < 1.29 is 22.7 Å². The highest BCUT2D eigenvalue weighted by Crippen LogP contribution is 2.27. The summed E-state index contributed by atoms with van der Waals surface area (Å²) in [6.07, 6.45) is 0.173. The maximum absolute atomic E-state index is 13.3. The molecular weight excluding hydrogens is 488 g/mol. The molecule has 35 heavy (non-hydrogen) atoms. The molecule has 2 atom stereocenters. The number of halogens is 1. The Morgan fingerprint density at radius 1 is 1.03 bits per heavy atom. The zero-order valence-electron chi connectivity index (χ0n) is 19.8. The Morgan fingerprint density at radius 3 is 2.31 bits per heavy atom. The first kappa shape index (κ1) is 26.5. The molecule has 7 nitrogen and oxygen atoms in total. The SMILES string of the molecule is CCOc1ccc(S(=O)(=O)NC(Cc2ccccc2)C(=O)NC(C)c2ccc(OC)cc2)cc1Cl. The quantitative estimate of drug-likeness (QED) is 0.391. The first-order chi connectivity index (χ1) is 16.7. The number of methoxy groups -OCH3 is 1. The monoisotopic (exact) mass is 516 g/mol. The van der Waals surface area contributed by atoms with E-state index in [2.05, 4.69) is 10.0 Å². The van der Waals surface area contributed by atoms with E-state index in [1.54, 1.807) is 19.2 Å². The van der Waals surface area contributed by atoms with Crippen molar-refractivity contribution in [2.24, 2.45) is 0 Å². The molecule has 0 aliphatic rings. The number of hydrogen-bond donors (Lipinski definition) is 2. The number of hydrogen-bond acceptors (Lipinski definition) is 5. The Bertz CT molecular complexity index is 1230. The maximum Gasteiger partial charge on any atom is 0.241 e. The Labute approximate surface area is 211 Å². The fourth-order valence-corrected chi connectivity index (χ4v) is 5.03. The summed E-state index contributed by atoms with van der Waals surface area (Å²) in [5.41, 5.74) is 1.68. The van der Waals surface area contributed by atoms with E-state index in [1.807, 2.05) is 56.3 Å². The largest absolute Gasteiger partial charge is 0.497 e. The normalized spacial score (nSPS) is 13.0. The fraction of sp³-hybridized carbons (Fsp3) is 0.269. The van der Waals surface area contributed by atoms with Crippen molar-refractivity contribution in [2.75, 3.05) is 13.7 Å². The lowest BCUT2D eigenvalue weighted by atomic mass is 10.0. The molecule has 3 rings (SSSR count). The van der Waals surface area contributed by atoms with Crippen molar-refractivity contribution in [1.29, 1.82) is 0 Å². The number of amides is 1. The third-order valence-electron chi connectivity index (χ3n) is 5.38. The number of ether oxygens (including phenoxy) is 2. The molecule has 0 heterocycles. The van der Waals surface area contributed by atoms with Crippen LogP contribution in [0.1, 0.15) is 31.0 Å². The van der Waals surface area contributed by atoms with Crippen LogP contribution in [0.15, 0.2) is 77.7 Å². The lowest BCUT2D eigenvalue weighted by Gasteiger charge is -2.22. The Balaban J connectivity index is 1.83. The number of carbonyl (C=O) groups excluding carboxylic acids is 1. The minimum Gasteiger partial charge on any atom is -0.497 e. The molecule has 2 unspecified atom stereocenters. The van der Waals surface area contributed by atoms with Crippen LogP contribution in [0.2, 0.25) is 5.02 Å². The number of benzene rings is 3. The Hall–Kier alpha value is -3.07. The van der Waals surface area contributed by atoms with E-state index in [0.29, 0.717) is 18.1 Å².